The normalized spacial score (nSPS) is 17.9. The first kappa shape index (κ1) is 20.5. The molecule has 29 heavy (non-hydrogen) atoms. The molecule has 0 bridgehead atoms. The fraction of sp³-hybridized carbons (Fsp3) is 0.409. The average molecular weight is 434 g/mol. The smallest absolute Gasteiger partial charge is 0.185 e. The molecule has 4 nitrogen and oxygen atoms in total. The molecule has 0 spiro atoms. The van der Waals surface area contributed by atoms with Gasteiger partial charge in [-0.2, -0.15) is 0 Å². The molecule has 154 valence electrons. The van der Waals surface area contributed by atoms with Crippen LogP contribution in [0, 0.1) is 11.7 Å². The van der Waals surface area contributed by atoms with Crippen molar-refractivity contribution in [3.63, 3.8) is 0 Å². The summed E-state index contributed by atoms with van der Waals surface area (Å²) in [6, 6.07) is 12.1. The van der Waals surface area contributed by atoms with Crippen LogP contribution in [-0.2, 0) is 6.54 Å². The van der Waals surface area contributed by atoms with Crippen LogP contribution in [0.15, 0.2) is 47.5 Å². The number of piperidine rings is 1. The maximum absolute atomic E-state index is 13.1. The van der Waals surface area contributed by atoms with Gasteiger partial charge in [0.05, 0.1) is 16.3 Å². The van der Waals surface area contributed by atoms with Gasteiger partial charge in [-0.1, -0.05) is 35.1 Å². The van der Waals surface area contributed by atoms with E-state index in [-0.39, 0.29) is 5.82 Å². The predicted molar refractivity (Wildman–Crippen MR) is 117 cm³/mol. The number of rotatable bonds is 5. The second-order valence-electron chi connectivity index (χ2n) is 7.64. The summed E-state index contributed by atoms with van der Waals surface area (Å²) < 4.78 is 16.5. The van der Waals surface area contributed by atoms with E-state index in [1.165, 1.54) is 17.6 Å². The maximum Gasteiger partial charge on any atom is 0.185 e. The Hall–Kier alpha value is -1.73. The zero-order valence-corrected chi connectivity index (χ0v) is 18.0. The highest BCUT2D eigenvalue weighted by atomic mass is 35.5. The fourth-order valence-electron chi connectivity index (χ4n) is 4.04. The lowest BCUT2D eigenvalue weighted by Gasteiger charge is -2.33. The highest BCUT2D eigenvalue weighted by Gasteiger charge is 2.23. The number of fused-ring (bicyclic) bond motifs is 1. The van der Waals surface area contributed by atoms with Crippen molar-refractivity contribution >= 4 is 33.2 Å². The maximum atomic E-state index is 13.1. The number of aromatic nitrogens is 1. The summed E-state index contributed by atoms with van der Waals surface area (Å²) >= 11 is 7.82. The molecule has 2 aromatic carbocycles. The van der Waals surface area contributed by atoms with Crippen LogP contribution in [0.25, 0.3) is 10.2 Å². The highest BCUT2D eigenvalue weighted by molar-refractivity contribution is 7.16. The molecule has 1 aliphatic rings. The van der Waals surface area contributed by atoms with E-state index in [1.807, 2.05) is 19.2 Å². The molecule has 7 heteroatoms. The minimum atomic E-state index is -0.586. The Morgan fingerprint density at radius 2 is 1.93 bits per heavy atom. The van der Waals surface area contributed by atoms with Gasteiger partial charge in [0.25, 0.3) is 0 Å². The lowest BCUT2D eigenvalue weighted by Crippen LogP contribution is -2.38. The van der Waals surface area contributed by atoms with Crippen molar-refractivity contribution in [2.24, 2.45) is 10.9 Å². The summed E-state index contributed by atoms with van der Waals surface area (Å²) in [5, 5.41) is 11.2. The van der Waals surface area contributed by atoms with E-state index < -0.39 is 6.10 Å². The second kappa shape index (κ2) is 8.96. The Labute approximate surface area is 178 Å². The van der Waals surface area contributed by atoms with Crippen LogP contribution in [0.5, 0.6) is 0 Å². The number of hydrogen-bond donors (Lipinski definition) is 1. The molecule has 1 N–H and O–H groups in total. The van der Waals surface area contributed by atoms with Gasteiger partial charge in [0.2, 0.25) is 0 Å². The lowest BCUT2D eigenvalue weighted by molar-refractivity contribution is 0.0867. The zero-order chi connectivity index (χ0) is 20.4. The molecule has 1 saturated heterocycles. The monoisotopic (exact) mass is 433 g/mol. The third-order valence-corrected chi connectivity index (χ3v) is 7.04. The molecular weight excluding hydrogens is 409 g/mol. The van der Waals surface area contributed by atoms with Gasteiger partial charge < -0.3 is 14.6 Å². The van der Waals surface area contributed by atoms with Gasteiger partial charge >= 0.3 is 0 Å². The van der Waals surface area contributed by atoms with Gasteiger partial charge in [0.15, 0.2) is 4.80 Å². The standard InChI is InChI=1S/C22H25ClFN3OS/c1-25-22-27(19-7-4-17(23)12-21(19)29-22)13-15-8-10-26(11-9-15)14-20(28)16-2-5-18(24)6-3-16/h2-7,12,15,20,28H,8-11,13-14H2,1H3/t20-/m0/s1. The molecule has 1 atom stereocenters. The molecule has 1 fully saturated rings. The summed E-state index contributed by atoms with van der Waals surface area (Å²) in [4.78, 5) is 7.79. The molecule has 2 heterocycles. The number of thiazole rings is 1. The number of hydrogen-bond acceptors (Lipinski definition) is 4. The first-order chi connectivity index (χ1) is 14.0. The van der Waals surface area contributed by atoms with Crippen molar-refractivity contribution in [2.75, 3.05) is 26.7 Å². The SMILES string of the molecule is CN=c1sc2cc(Cl)ccc2n1CC1CCN(C[C@H](O)c2ccc(F)cc2)CC1. The predicted octanol–water partition coefficient (Wildman–Crippen LogP) is 4.47. The van der Waals surface area contributed by atoms with Crippen LogP contribution in [0.4, 0.5) is 4.39 Å². The average Bonchev–Trinajstić information content (AvgIpc) is 3.06. The van der Waals surface area contributed by atoms with Crippen LogP contribution >= 0.6 is 22.9 Å². The van der Waals surface area contributed by atoms with Crippen molar-refractivity contribution in [3.8, 4) is 0 Å². The van der Waals surface area contributed by atoms with Crippen molar-refractivity contribution in [2.45, 2.75) is 25.5 Å². The van der Waals surface area contributed by atoms with E-state index in [1.54, 1.807) is 23.5 Å². The van der Waals surface area contributed by atoms with E-state index in [4.69, 9.17) is 11.6 Å². The largest absolute Gasteiger partial charge is 0.387 e. The molecule has 0 radical (unpaired) electrons. The van der Waals surface area contributed by atoms with Gasteiger partial charge in [-0.15, -0.1) is 0 Å². The molecule has 1 aromatic heterocycles. The molecule has 0 saturated carbocycles. The summed E-state index contributed by atoms with van der Waals surface area (Å²) in [7, 11) is 1.84. The summed E-state index contributed by atoms with van der Waals surface area (Å²) in [6.45, 7) is 3.44. The van der Waals surface area contributed by atoms with Gasteiger partial charge in [-0.25, -0.2) is 4.39 Å². The minimum absolute atomic E-state index is 0.277. The molecule has 4 rings (SSSR count). The number of benzene rings is 2. The molecular formula is C22H25ClFN3OS. The zero-order valence-electron chi connectivity index (χ0n) is 16.4. The minimum Gasteiger partial charge on any atom is -0.387 e. The number of aliphatic hydroxyl groups excluding tert-OH is 1. The van der Waals surface area contributed by atoms with Crippen molar-refractivity contribution in [3.05, 3.63) is 63.7 Å². The molecule has 3 aromatic rings. The lowest BCUT2D eigenvalue weighted by atomic mass is 9.96. The van der Waals surface area contributed by atoms with Gasteiger partial charge in [0, 0.05) is 25.2 Å². The van der Waals surface area contributed by atoms with Gasteiger partial charge in [-0.05, 0) is 67.7 Å². The molecule has 0 unspecified atom stereocenters. The number of aliphatic hydroxyl groups is 1. The Morgan fingerprint density at radius 3 is 2.62 bits per heavy atom. The summed E-state index contributed by atoms with van der Waals surface area (Å²) in [6.07, 6.45) is 1.58. The van der Waals surface area contributed by atoms with E-state index in [2.05, 4.69) is 20.5 Å². The van der Waals surface area contributed by atoms with Crippen molar-refractivity contribution in [1.82, 2.24) is 9.47 Å². The second-order valence-corrected chi connectivity index (χ2v) is 9.09. The van der Waals surface area contributed by atoms with Crippen LogP contribution in [-0.4, -0.2) is 41.3 Å². The summed E-state index contributed by atoms with van der Waals surface area (Å²) in [5.74, 6) is 0.300. The Bertz CT molecular complexity index is 1040. The van der Waals surface area contributed by atoms with Crippen LogP contribution in [0.2, 0.25) is 5.02 Å². The summed E-state index contributed by atoms with van der Waals surface area (Å²) in [5.41, 5.74) is 1.95. The van der Waals surface area contributed by atoms with Crippen LogP contribution in [0.1, 0.15) is 24.5 Å². The number of β-amino-alcohol motifs (C(OH)–C–C–N with tert-alkyl or cyclic N) is 1. The quantitative estimate of drug-likeness (QED) is 0.644. The van der Waals surface area contributed by atoms with E-state index in [9.17, 15) is 9.50 Å². The van der Waals surface area contributed by atoms with Gasteiger partial charge in [-0.3, -0.25) is 4.99 Å². The van der Waals surface area contributed by atoms with E-state index >= 15 is 0 Å². The van der Waals surface area contributed by atoms with Gasteiger partial charge in [0.1, 0.15) is 5.82 Å². The van der Waals surface area contributed by atoms with Crippen molar-refractivity contribution in [1.29, 1.82) is 0 Å². The first-order valence-corrected chi connectivity index (χ1v) is 11.1. The van der Waals surface area contributed by atoms with E-state index in [0.717, 1.165) is 52.6 Å². The third kappa shape index (κ3) is 4.72. The van der Waals surface area contributed by atoms with E-state index in [0.29, 0.717) is 12.5 Å². The Balaban J connectivity index is 1.38. The fourth-order valence-corrected chi connectivity index (χ4v) is 5.31. The highest BCUT2D eigenvalue weighted by Crippen LogP contribution is 2.26. The number of likely N-dealkylation sites (tertiary alicyclic amines) is 1. The third-order valence-electron chi connectivity index (χ3n) is 5.67. The van der Waals surface area contributed by atoms with Crippen molar-refractivity contribution < 1.29 is 9.50 Å². The molecule has 0 amide bonds. The number of halogens is 2. The van der Waals surface area contributed by atoms with Crippen LogP contribution < -0.4 is 4.80 Å². The number of nitrogens with zero attached hydrogens (tertiary/aromatic N) is 3. The molecule has 1 aliphatic heterocycles. The topological polar surface area (TPSA) is 40.8 Å². The first-order valence-electron chi connectivity index (χ1n) is 9.91. The van der Waals surface area contributed by atoms with Crippen LogP contribution in [0.3, 0.4) is 0 Å². The molecule has 0 aliphatic carbocycles. The Kier molecular flexibility index (Phi) is 6.35. The Morgan fingerprint density at radius 1 is 1.21 bits per heavy atom.